The summed E-state index contributed by atoms with van der Waals surface area (Å²) in [6.45, 7) is 7.59. The molecule has 1 heterocycles. The fourth-order valence-corrected chi connectivity index (χ4v) is 2.79. The molecule has 3 nitrogen and oxygen atoms in total. The SMILES string of the molecule is CN(C)CC(C)(C)CNCc1cccc2cnccc12. The Hall–Kier alpha value is -1.45. The average molecular weight is 271 g/mol. The van der Waals surface area contributed by atoms with Crippen LogP contribution in [0, 0.1) is 5.41 Å². The molecule has 0 atom stereocenters. The Morgan fingerprint density at radius 3 is 2.75 bits per heavy atom. The molecule has 1 aromatic heterocycles. The van der Waals surface area contributed by atoms with Crippen LogP contribution in [0.15, 0.2) is 36.7 Å². The Kier molecular flexibility index (Phi) is 4.73. The second-order valence-electron chi connectivity index (χ2n) is 6.52. The Balaban J connectivity index is 2.00. The monoisotopic (exact) mass is 271 g/mol. The molecule has 0 saturated carbocycles. The molecular weight excluding hydrogens is 246 g/mol. The van der Waals surface area contributed by atoms with Crippen LogP contribution < -0.4 is 5.32 Å². The first kappa shape index (κ1) is 14.9. The van der Waals surface area contributed by atoms with Crippen molar-refractivity contribution < 1.29 is 0 Å². The molecule has 3 heteroatoms. The lowest BCUT2D eigenvalue weighted by Crippen LogP contribution is -2.37. The summed E-state index contributed by atoms with van der Waals surface area (Å²) in [5, 5.41) is 6.09. The molecule has 0 aliphatic heterocycles. The molecule has 2 aromatic rings. The van der Waals surface area contributed by atoms with E-state index in [1.165, 1.54) is 16.3 Å². The van der Waals surface area contributed by atoms with Gasteiger partial charge in [0.2, 0.25) is 0 Å². The topological polar surface area (TPSA) is 28.2 Å². The largest absolute Gasteiger partial charge is 0.312 e. The summed E-state index contributed by atoms with van der Waals surface area (Å²) in [5.74, 6) is 0. The van der Waals surface area contributed by atoms with Crippen molar-refractivity contribution in [2.75, 3.05) is 27.2 Å². The third-order valence-electron chi connectivity index (χ3n) is 3.43. The Labute approximate surface area is 122 Å². The first-order valence-corrected chi connectivity index (χ1v) is 7.15. The van der Waals surface area contributed by atoms with E-state index in [4.69, 9.17) is 0 Å². The van der Waals surface area contributed by atoms with Crippen LogP contribution in [-0.4, -0.2) is 37.1 Å². The standard InChI is InChI=1S/C17H25N3/c1-17(2,13-20(3)4)12-19-11-15-7-5-6-14-10-18-9-8-16(14)15/h5-10,19H,11-13H2,1-4H3. The average Bonchev–Trinajstić information content (AvgIpc) is 2.37. The lowest BCUT2D eigenvalue weighted by Gasteiger charge is -2.28. The van der Waals surface area contributed by atoms with E-state index in [-0.39, 0.29) is 5.41 Å². The van der Waals surface area contributed by atoms with E-state index in [2.05, 4.69) is 67.4 Å². The van der Waals surface area contributed by atoms with Gasteiger partial charge in [-0.25, -0.2) is 0 Å². The van der Waals surface area contributed by atoms with Crippen molar-refractivity contribution >= 4 is 10.8 Å². The van der Waals surface area contributed by atoms with Gasteiger partial charge < -0.3 is 10.2 Å². The quantitative estimate of drug-likeness (QED) is 0.875. The van der Waals surface area contributed by atoms with Gasteiger partial charge in [-0.2, -0.15) is 0 Å². The maximum Gasteiger partial charge on any atom is 0.0346 e. The van der Waals surface area contributed by atoms with Crippen LogP contribution in [0.2, 0.25) is 0 Å². The van der Waals surface area contributed by atoms with Crippen LogP contribution in [0.25, 0.3) is 10.8 Å². The molecule has 0 amide bonds. The molecule has 0 aliphatic carbocycles. The van der Waals surface area contributed by atoms with Gasteiger partial charge in [0.05, 0.1) is 0 Å². The highest BCUT2D eigenvalue weighted by atomic mass is 15.1. The fourth-order valence-electron chi connectivity index (χ4n) is 2.79. The minimum absolute atomic E-state index is 0.273. The third-order valence-corrected chi connectivity index (χ3v) is 3.43. The van der Waals surface area contributed by atoms with Gasteiger partial charge in [-0.1, -0.05) is 32.0 Å². The van der Waals surface area contributed by atoms with Crippen molar-refractivity contribution in [3.05, 3.63) is 42.2 Å². The minimum Gasteiger partial charge on any atom is -0.312 e. The third kappa shape index (κ3) is 4.02. The van der Waals surface area contributed by atoms with Crippen LogP contribution in [0.5, 0.6) is 0 Å². The number of rotatable bonds is 6. The molecule has 1 aromatic carbocycles. The predicted molar refractivity (Wildman–Crippen MR) is 85.8 cm³/mol. The molecule has 0 bridgehead atoms. The lowest BCUT2D eigenvalue weighted by atomic mass is 9.93. The second-order valence-corrected chi connectivity index (χ2v) is 6.52. The molecule has 0 radical (unpaired) electrons. The molecule has 0 fully saturated rings. The summed E-state index contributed by atoms with van der Waals surface area (Å²) >= 11 is 0. The second kappa shape index (κ2) is 6.33. The summed E-state index contributed by atoms with van der Waals surface area (Å²) in [6, 6.07) is 8.50. The van der Waals surface area contributed by atoms with Gasteiger partial charge in [0.15, 0.2) is 0 Å². The van der Waals surface area contributed by atoms with Crippen LogP contribution in [0.1, 0.15) is 19.4 Å². The number of aromatic nitrogens is 1. The zero-order valence-corrected chi connectivity index (χ0v) is 13.0. The molecule has 0 saturated heterocycles. The van der Waals surface area contributed by atoms with E-state index < -0.39 is 0 Å². The number of benzene rings is 1. The number of hydrogen-bond donors (Lipinski definition) is 1. The maximum atomic E-state index is 4.18. The Bertz CT molecular complexity index is 556. The number of pyridine rings is 1. The van der Waals surface area contributed by atoms with Crippen molar-refractivity contribution in [2.24, 2.45) is 5.41 Å². The highest BCUT2D eigenvalue weighted by molar-refractivity contribution is 5.84. The zero-order chi connectivity index (χ0) is 14.6. The van der Waals surface area contributed by atoms with Gasteiger partial charge >= 0.3 is 0 Å². The molecule has 108 valence electrons. The van der Waals surface area contributed by atoms with Gasteiger partial charge in [0.25, 0.3) is 0 Å². The highest BCUT2D eigenvalue weighted by Crippen LogP contribution is 2.18. The first-order chi connectivity index (χ1) is 9.48. The summed E-state index contributed by atoms with van der Waals surface area (Å²) in [6.07, 6.45) is 3.79. The van der Waals surface area contributed by atoms with Gasteiger partial charge in [-0.15, -0.1) is 0 Å². The number of fused-ring (bicyclic) bond motifs is 1. The normalized spacial score (nSPS) is 12.2. The summed E-state index contributed by atoms with van der Waals surface area (Å²) in [5.41, 5.74) is 1.61. The summed E-state index contributed by atoms with van der Waals surface area (Å²) < 4.78 is 0. The molecule has 0 spiro atoms. The van der Waals surface area contributed by atoms with Crippen LogP contribution in [0.4, 0.5) is 0 Å². The van der Waals surface area contributed by atoms with Crippen molar-refractivity contribution in [1.82, 2.24) is 15.2 Å². The van der Waals surface area contributed by atoms with Gasteiger partial charge in [-0.3, -0.25) is 4.98 Å². The van der Waals surface area contributed by atoms with E-state index in [1.807, 2.05) is 12.4 Å². The van der Waals surface area contributed by atoms with E-state index in [0.717, 1.165) is 19.6 Å². The summed E-state index contributed by atoms with van der Waals surface area (Å²) in [4.78, 5) is 6.42. The molecular formula is C17H25N3. The predicted octanol–water partition coefficient (Wildman–Crippen LogP) is 2.91. The summed E-state index contributed by atoms with van der Waals surface area (Å²) in [7, 11) is 4.25. The molecule has 0 unspecified atom stereocenters. The van der Waals surface area contributed by atoms with E-state index in [9.17, 15) is 0 Å². The Morgan fingerprint density at radius 2 is 2.00 bits per heavy atom. The number of nitrogens with one attached hydrogen (secondary N) is 1. The minimum atomic E-state index is 0.273. The first-order valence-electron chi connectivity index (χ1n) is 7.15. The fraction of sp³-hybridized carbons (Fsp3) is 0.471. The molecule has 1 N–H and O–H groups in total. The van der Waals surface area contributed by atoms with Gasteiger partial charge in [0.1, 0.15) is 0 Å². The zero-order valence-electron chi connectivity index (χ0n) is 13.0. The van der Waals surface area contributed by atoms with Crippen LogP contribution >= 0.6 is 0 Å². The van der Waals surface area contributed by atoms with E-state index >= 15 is 0 Å². The number of nitrogens with zero attached hydrogens (tertiary/aromatic N) is 2. The molecule has 20 heavy (non-hydrogen) atoms. The van der Waals surface area contributed by atoms with Crippen molar-refractivity contribution in [2.45, 2.75) is 20.4 Å². The number of hydrogen-bond acceptors (Lipinski definition) is 3. The van der Waals surface area contributed by atoms with E-state index in [0.29, 0.717) is 0 Å². The molecule has 0 aliphatic rings. The lowest BCUT2D eigenvalue weighted by molar-refractivity contribution is 0.232. The van der Waals surface area contributed by atoms with Crippen LogP contribution in [0.3, 0.4) is 0 Å². The highest BCUT2D eigenvalue weighted by Gasteiger charge is 2.18. The van der Waals surface area contributed by atoms with Gasteiger partial charge in [-0.05, 0) is 36.5 Å². The van der Waals surface area contributed by atoms with Crippen molar-refractivity contribution in [3.63, 3.8) is 0 Å². The van der Waals surface area contributed by atoms with Crippen LogP contribution in [-0.2, 0) is 6.54 Å². The maximum absolute atomic E-state index is 4.18. The Morgan fingerprint density at radius 1 is 1.20 bits per heavy atom. The van der Waals surface area contributed by atoms with Gasteiger partial charge in [0, 0.05) is 37.4 Å². The van der Waals surface area contributed by atoms with Crippen molar-refractivity contribution in [3.8, 4) is 0 Å². The smallest absolute Gasteiger partial charge is 0.0346 e. The molecule has 2 rings (SSSR count). The van der Waals surface area contributed by atoms with Crippen molar-refractivity contribution in [1.29, 1.82) is 0 Å². The van der Waals surface area contributed by atoms with E-state index in [1.54, 1.807) is 0 Å².